The van der Waals surface area contributed by atoms with Gasteiger partial charge in [-0.05, 0) is 30.4 Å². The van der Waals surface area contributed by atoms with E-state index in [4.69, 9.17) is 22.4 Å². The second kappa shape index (κ2) is 6.23. The van der Waals surface area contributed by atoms with Crippen LogP contribution in [0.3, 0.4) is 0 Å². The molecule has 0 aromatic carbocycles. The molecule has 3 N–H and O–H groups in total. The molecule has 0 atom stereocenters. The first-order chi connectivity index (χ1) is 7.24. The second-order valence-corrected chi connectivity index (χ2v) is 3.26. The van der Waals surface area contributed by atoms with Crippen LogP contribution in [0.2, 0.25) is 5.28 Å². The van der Waals surface area contributed by atoms with Crippen molar-refractivity contribution in [3.8, 4) is 11.8 Å². The summed E-state index contributed by atoms with van der Waals surface area (Å²) in [4.78, 5) is 7.62. The number of nitrogens with zero attached hydrogens (tertiary/aromatic N) is 2. The van der Waals surface area contributed by atoms with E-state index in [9.17, 15) is 0 Å². The topological polar surface area (TPSA) is 72.0 Å². The molecule has 0 aliphatic rings. The van der Waals surface area contributed by atoms with Crippen molar-refractivity contribution in [2.45, 2.75) is 19.3 Å². The molecule has 80 valence electrons. The van der Waals surface area contributed by atoms with Crippen molar-refractivity contribution in [3.63, 3.8) is 0 Å². The Morgan fingerprint density at radius 3 is 3.00 bits per heavy atom. The lowest BCUT2D eigenvalue weighted by molar-refractivity contribution is 0.285. The SMILES string of the molecule is Nc1cnc(Cl)nc1C#CCCCCO. The standard InChI is InChI=1S/C10H12ClN3O/c11-10-13-7-8(12)9(14-10)5-3-1-2-4-6-15/h7,15H,1-2,4,6,12H2. The fourth-order valence-electron chi connectivity index (χ4n) is 0.941. The van der Waals surface area contributed by atoms with Crippen LogP contribution in [0.15, 0.2) is 6.20 Å². The van der Waals surface area contributed by atoms with Crippen molar-refractivity contribution in [3.05, 3.63) is 17.2 Å². The van der Waals surface area contributed by atoms with E-state index in [2.05, 4.69) is 21.8 Å². The molecule has 0 spiro atoms. The van der Waals surface area contributed by atoms with E-state index >= 15 is 0 Å². The van der Waals surface area contributed by atoms with Gasteiger partial charge in [0, 0.05) is 13.0 Å². The largest absolute Gasteiger partial charge is 0.396 e. The van der Waals surface area contributed by atoms with Gasteiger partial charge in [0.1, 0.15) is 5.69 Å². The van der Waals surface area contributed by atoms with Crippen LogP contribution in [0.25, 0.3) is 0 Å². The summed E-state index contributed by atoms with van der Waals surface area (Å²) >= 11 is 5.60. The zero-order chi connectivity index (χ0) is 11.1. The summed E-state index contributed by atoms with van der Waals surface area (Å²) < 4.78 is 0. The van der Waals surface area contributed by atoms with Crippen LogP contribution in [-0.4, -0.2) is 21.7 Å². The van der Waals surface area contributed by atoms with E-state index in [-0.39, 0.29) is 11.9 Å². The molecule has 5 heteroatoms. The van der Waals surface area contributed by atoms with Crippen LogP contribution in [-0.2, 0) is 0 Å². The molecule has 0 radical (unpaired) electrons. The first kappa shape index (κ1) is 11.8. The van der Waals surface area contributed by atoms with Gasteiger partial charge in [0.2, 0.25) is 5.28 Å². The lowest BCUT2D eigenvalue weighted by atomic mass is 10.2. The number of rotatable bonds is 3. The maximum Gasteiger partial charge on any atom is 0.223 e. The van der Waals surface area contributed by atoms with Crippen LogP contribution >= 0.6 is 11.6 Å². The highest BCUT2D eigenvalue weighted by atomic mass is 35.5. The van der Waals surface area contributed by atoms with Crippen molar-refractivity contribution < 1.29 is 5.11 Å². The maximum absolute atomic E-state index is 8.56. The third-order valence-corrected chi connectivity index (χ3v) is 1.89. The highest BCUT2D eigenvalue weighted by Gasteiger charge is 1.98. The van der Waals surface area contributed by atoms with E-state index in [1.807, 2.05) is 0 Å². The molecule has 0 aliphatic heterocycles. The van der Waals surface area contributed by atoms with Crippen LogP contribution in [0.1, 0.15) is 25.0 Å². The molecule has 4 nitrogen and oxygen atoms in total. The van der Waals surface area contributed by atoms with Crippen molar-refractivity contribution in [2.75, 3.05) is 12.3 Å². The average molecular weight is 226 g/mol. The minimum absolute atomic E-state index is 0.142. The molecule has 0 saturated carbocycles. The van der Waals surface area contributed by atoms with Crippen LogP contribution in [0.5, 0.6) is 0 Å². The number of hydrogen-bond acceptors (Lipinski definition) is 4. The predicted octanol–water partition coefficient (Wildman–Crippen LogP) is 1.23. The van der Waals surface area contributed by atoms with Gasteiger partial charge in [-0.25, -0.2) is 9.97 Å². The van der Waals surface area contributed by atoms with E-state index < -0.39 is 0 Å². The Morgan fingerprint density at radius 1 is 1.47 bits per heavy atom. The quantitative estimate of drug-likeness (QED) is 0.461. The number of hydrogen-bond donors (Lipinski definition) is 2. The lowest BCUT2D eigenvalue weighted by Gasteiger charge is -1.95. The first-order valence-electron chi connectivity index (χ1n) is 4.62. The van der Waals surface area contributed by atoms with E-state index in [0.717, 1.165) is 12.8 Å². The number of nitrogen functional groups attached to an aromatic ring is 1. The van der Waals surface area contributed by atoms with E-state index in [1.54, 1.807) is 0 Å². The highest BCUT2D eigenvalue weighted by molar-refractivity contribution is 6.28. The van der Waals surface area contributed by atoms with Crippen molar-refractivity contribution >= 4 is 17.3 Å². The summed E-state index contributed by atoms with van der Waals surface area (Å²) in [5, 5.41) is 8.70. The Labute approximate surface area is 93.5 Å². The molecular weight excluding hydrogens is 214 g/mol. The zero-order valence-electron chi connectivity index (χ0n) is 8.20. The zero-order valence-corrected chi connectivity index (χ0v) is 8.96. The summed E-state index contributed by atoms with van der Waals surface area (Å²) in [6.07, 6.45) is 3.77. The van der Waals surface area contributed by atoms with Crippen LogP contribution in [0.4, 0.5) is 5.69 Å². The predicted molar refractivity (Wildman–Crippen MR) is 59.3 cm³/mol. The summed E-state index contributed by atoms with van der Waals surface area (Å²) in [5.74, 6) is 5.73. The van der Waals surface area contributed by atoms with Gasteiger partial charge >= 0.3 is 0 Å². The number of halogens is 1. The van der Waals surface area contributed by atoms with Crippen molar-refractivity contribution in [1.82, 2.24) is 9.97 Å². The van der Waals surface area contributed by atoms with E-state index in [1.165, 1.54) is 6.20 Å². The Kier molecular flexibility index (Phi) is 4.88. The second-order valence-electron chi connectivity index (χ2n) is 2.93. The molecule has 15 heavy (non-hydrogen) atoms. The summed E-state index contributed by atoms with van der Waals surface area (Å²) in [5.41, 5.74) is 6.49. The molecule has 0 unspecified atom stereocenters. The summed E-state index contributed by atoms with van der Waals surface area (Å²) in [6, 6.07) is 0. The molecule has 1 aromatic rings. The Balaban J connectivity index is 2.59. The van der Waals surface area contributed by atoms with Crippen molar-refractivity contribution in [2.24, 2.45) is 0 Å². The fraction of sp³-hybridized carbons (Fsp3) is 0.400. The van der Waals surface area contributed by atoms with Gasteiger partial charge < -0.3 is 10.8 Å². The Bertz CT molecular complexity index is 384. The third-order valence-electron chi connectivity index (χ3n) is 1.70. The van der Waals surface area contributed by atoms with Gasteiger partial charge in [-0.15, -0.1) is 0 Å². The molecule has 0 aliphatic carbocycles. The molecular formula is C10H12ClN3O. The molecule has 0 fully saturated rings. The van der Waals surface area contributed by atoms with Crippen LogP contribution < -0.4 is 5.73 Å². The normalized spacial score (nSPS) is 9.47. The minimum atomic E-state index is 0.142. The van der Waals surface area contributed by atoms with Gasteiger partial charge in [-0.3, -0.25) is 0 Å². The molecule has 1 heterocycles. The van der Waals surface area contributed by atoms with Gasteiger partial charge in [0.25, 0.3) is 0 Å². The minimum Gasteiger partial charge on any atom is -0.396 e. The van der Waals surface area contributed by atoms with Gasteiger partial charge in [-0.1, -0.05) is 5.92 Å². The van der Waals surface area contributed by atoms with Gasteiger partial charge in [-0.2, -0.15) is 0 Å². The summed E-state index contributed by atoms with van der Waals surface area (Å²) in [6.45, 7) is 0.198. The Hall–Kier alpha value is -1.31. The Morgan fingerprint density at radius 2 is 2.27 bits per heavy atom. The lowest BCUT2D eigenvalue weighted by Crippen LogP contribution is -1.95. The highest BCUT2D eigenvalue weighted by Crippen LogP contribution is 2.08. The third kappa shape index (κ3) is 4.15. The van der Waals surface area contributed by atoms with Crippen LogP contribution in [0, 0.1) is 11.8 Å². The number of unbranched alkanes of at least 4 members (excludes halogenated alkanes) is 2. The number of aliphatic hydroxyl groups is 1. The number of aliphatic hydroxyl groups excluding tert-OH is 1. The maximum atomic E-state index is 8.56. The number of aromatic nitrogens is 2. The molecule has 1 aromatic heterocycles. The summed E-state index contributed by atoms with van der Waals surface area (Å²) in [7, 11) is 0. The smallest absolute Gasteiger partial charge is 0.223 e. The van der Waals surface area contributed by atoms with Gasteiger partial charge in [0.15, 0.2) is 0 Å². The van der Waals surface area contributed by atoms with Gasteiger partial charge in [0.05, 0.1) is 11.9 Å². The monoisotopic (exact) mass is 225 g/mol. The average Bonchev–Trinajstić information content (AvgIpc) is 2.23. The molecule has 0 bridgehead atoms. The number of anilines is 1. The molecule has 0 amide bonds. The van der Waals surface area contributed by atoms with E-state index in [0.29, 0.717) is 17.8 Å². The molecule has 0 saturated heterocycles. The first-order valence-corrected chi connectivity index (χ1v) is 4.99. The number of nitrogens with two attached hydrogens (primary N) is 1. The van der Waals surface area contributed by atoms with Crippen molar-refractivity contribution in [1.29, 1.82) is 0 Å². The molecule has 1 rings (SSSR count). The fourth-order valence-corrected chi connectivity index (χ4v) is 1.07.